The SMILES string of the molecule is N#C/C(=C\c1ccc(-c2cccc([N+](=O)[O-])c2)o1)C(=O)Nc1ncc(Cc2ccc(Cl)cc2Cl)s1. The maximum Gasteiger partial charge on any atom is 0.270 e. The van der Waals surface area contributed by atoms with Crippen LogP contribution in [0.3, 0.4) is 0 Å². The predicted molar refractivity (Wildman–Crippen MR) is 134 cm³/mol. The lowest BCUT2D eigenvalue weighted by atomic mass is 10.1. The van der Waals surface area contributed by atoms with Crippen molar-refractivity contribution in [2.24, 2.45) is 0 Å². The molecule has 2 heterocycles. The molecule has 174 valence electrons. The van der Waals surface area contributed by atoms with Gasteiger partial charge in [-0.3, -0.25) is 20.2 Å². The minimum absolute atomic E-state index is 0.0748. The van der Waals surface area contributed by atoms with Crippen LogP contribution in [0, 0.1) is 21.4 Å². The number of nitrogens with zero attached hydrogens (tertiary/aromatic N) is 3. The van der Waals surface area contributed by atoms with Gasteiger partial charge in [0, 0.05) is 51.3 Å². The Morgan fingerprint density at radius 1 is 1.23 bits per heavy atom. The largest absolute Gasteiger partial charge is 0.457 e. The Balaban J connectivity index is 1.46. The highest BCUT2D eigenvalue weighted by Crippen LogP contribution is 2.28. The number of benzene rings is 2. The van der Waals surface area contributed by atoms with E-state index in [1.54, 1.807) is 42.6 Å². The van der Waals surface area contributed by atoms with Gasteiger partial charge in [0.05, 0.1) is 4.92 Å². The topological polar surface area (TPSA) is 122 Å². The van der Waals surface area contributed by atoms with E-state index < -0.39 is 10.8 Å². The first kappa shape index (κ1) is 24.2. The summed E-state index contributed by atoms with van der Waals surface area (Å²) in [6.07, 6.45) is 3.42. The monoisotopic (exact) mass is 524 g/mol. The number of nitriles is 1. The molecule has 0 aliphatic rings. The molecule has 0 saturated carbocycles. The predicted octanol–water partition coefficient (Wildman–Crippen LogP) is 6.75. The number of anilines is 1. The Morgan fingerprint density at radius 2 is 2.06 bits per heavy atom. The van der Waals surface area contributed by atoms with Crippen LogP contribution >= 0.6 is 34.5 Å². The standard InChI is InChI=1S/C24H14Cl2N4O4S/c25-17-5-4-14(21(26)11-17)10-20-13-28-24(35-20)29-23(31)16(12-27)9-19-6-7-22(34-19)15-2-1-3-18(8-15)30(32)33/h1-9,11,13H,10H2,(H,28,29,31)/b16-9+. The second kappa shape index (κ2) is 10.5. The third-order valence-electron chi connectivity index (χ3n) is 4.77. The quantitative estimate of drug-likeness (QED) is 0.123. The van der Waals surface area contributed by atoms with E-state index in [4.69, 9.17) is 27.6 Å². The molecule has 35 heavy (non-hydrogen) atoms. The second-order valence-electron chi connectivity index (χ2n) is 7.18. The van der Waals surface area contributed by atoms with E-state index in [-0.39, 0.29) is 17.0 Å². The summed E-state index contributed by atoms with van der Waals surface area (Å²) in [6, 6.07) is 16.2. The van der Waals surface area contributed by atoms with Crippen molar-refractivity contribution in [3.8, 4) is 17.4 Å². The van der Waals surface area contributed by atoms with Gasteiger partial charge in [0.2, 0.25) is 0 Å². The van der Waals surface area contributed by atoms with E-state index in [9.17, 15) is 20.2 Å². The Kier molecular flexibility index (Phi) is 7.27. The molecule has 0 aliphatic heterocycles. The van der Waals surface area contributed by atoms with E-state index in [0.29, 0.717) is 32.9 Å². The molecule has 4 aromatic rings. The third-order valence-corrected chi connectivity index (χ3v) is 6.27. The van der Waals surface area contributed by atoms with Crippen LogP contribution in [-0.4, -0.2) is 15.8 Å². The average Bonchev–Trinajstić information content (AvgIpc) is 3.49. The van der Waals surface area contributed by atoms with Gasteiger partial charge in [-0.05, 0) is 29.8 Å². The van der Waals surface area contributed by atoms with Crippen molar-refractivity contribution in [1.82, 2.24) is 4.98 Å². The van der Waals surface area contributed by atoms with Crippen LogP contribution in [0.1, 0.15) is 16.2 Å². The van der Waals surface area contributed by atoms with Crippen molar-refractivity contribution in [3.05, 3.63) is 103 Å². The second-order valence-corrected chi connectivity index (χ2v) is 9.14. The van der Waals surface area contributed by atoms with Crippen molar-refractivity contribution in [1.29, 1.82) is 5.26 Å². The molecule has 0 unspecified atom stereocenters. The summed E-state index contributed by atoms with van der Waals surface area (Å²) in [5, 5.41) is 24.5. The first-order chi connectivity index (χ1) is 16.8. The number of carbonyl (C=O) groups excluding carboxylic acids is 1. The number of nitro groups is 1. The zero-order valence-corrected chi connectivity index (χ0v) is 20.0. The zero-order valence-electron chi connectivity index (χ0n) is 17.7. The molecule has 0 fully saturated rings. The Morgan fingerprint density at radius 3 is 2.80 bits per heavy atom. The molecule has 0 atom stereocenters. The molecule has 2 aromatic carbocycles. The lowest BCUT2D eigenvalue weighted by molar-refractivity contribution is -0.384. The molecule has 0 bridgehead atoms. The number of amides is 1. The van der Waals surface area contributed by atoms with E-state index >= 15 is 0 Å². The number of halogens is 2. The van der Waals surface area contributed by atoms with Gasteiger partial charge < -0.3 is 4.42 Å². The number of aromatic nitrogens is 1. The maximum absolute atomic E-state index is 12.6. The van der Waals surface area contributed by atoms with Gasteiger partial charge in [-0.15, -0.1) is 11.3 Å². The molecule has 1 N–H and O–H groups in total. The molecular weight excluding hydrogens is 511 g/mol. The molecule has 1 amide bonds. The minimum Gasteiger partial charge on any atom is -0.457 e. The fourth-order valence-corrected chi connectivity index (χ4v) is 4.42. The fourth-order valence-electron chi connectivity index (χ4n) is 3.11. The van der Waals surface area contributed by atoms with Gasteiger partial charge in [0.25, 0.3) is 11.6 Å². The van der Waals surface area contributed by atoms with Gasteiger partial charge in [-0.2, -0.15) is 5.26 Å². The van der Waals surface area contributed by atoms with Gasteiger partial charge >= 0.3 is 0 Å². The Labute approximate surface area is 213 Å². The maximum atomic E-state index is 12.6. The lowest BCUT2D eigenvalue weighted by Crippen LogP contribution is -2.13. The molecular formula is C24H14Cl2N4O4S. The fraction of sp³-hybridized carbons (Fsp3) is 0.0417. The number of hydrogen-bond acceptors (Lipinski definition) is 7. The van der Waals surface area contributed by atoms with Crippen molar-refractivity contribution in [2.45, 2.75) is 6.42 Å². The molecule has 0 saturated heterocycles. The third kappa shape index (κ3) is 5.94. The summed E-state index contributed by atoms with van der Waals surface area (Å²) < 4.78 is 5.66. The van der Waals surface area contributed by atoms with E-state index in [1.807, 2.05) is 12.1 Å². The van der Waals surface area contributed by atoms with Crippen LogP contribution in [0.25, 0.3) is 17.4 Å². The zero-order chi connectivity index (χ0) is 24.9. The first-order valence-electron chi connectivity index (χ1n) is 9.99. The highest BCUT2D eigenvalue weighted by atomic mass is 35.5. The number of thiazole rings is 1. The van der Waals surface area contributed by atoms with Crippen LogP contribution in [0.15, 0.2) is 70.8 Å². The van der Waals surface area contributed by atoms with Gasteiger partial charge in [-0.25, -0.2) is 4.98 Å². The summed E-state index contributed by atoms with van der Waals surface area (Å²) in [6.45, 7) is 0. The van der Waals surface area contributed by atoms with Crippen molar-refractivity contribution in [2.75, 3.05) is 5.32 Å². The van der Waals surface area contributed by atoms with Crippen LogP contribution in [-0.2, 0) is 11.2 Å². The molecule has 8 nitrogen and oxygen atoms in total. The normalized spacial score (nSPS) is 11.2. The molecule has 4 rings (SSSR count). The summed E-state index contributed by atoms with van der Waals surface area (Å²) in [7, 11) is 0. The number of carbonyl (C=O) groups is 1. The number of furan rings is 1. The number of rotatable bonds is 7. The highest BCUT2D eigenvalue weighted by Gasteiger charge is 2.15. The summed E-state index contributed by atoms with van der Waals surface area (Å²) in [5.74, 6) is -0.0373. The van der Waals surface area contributed by atoms with Gasteiger partial charge in [0.15, 0.2) is 5.13 Å². The molecule has 11 heteroatoms. The highest BCUT2D eigenvalue weighted by molar-refractivity contribution is 7.15. The van der Waals surface area contributed by atoms with E-state index in [2.05, 4.69) is 10.3 Å². The Bertz CT molecular complexity index is 1500. The van der Waals surface area contributed by atoms with E-state index in [0.717, 1.165) is 10.4 Å². The number of nitrogens with one attached hydrogen (secondary N) is 1. The minimum atomic E-state index is -0.647. The first-order valence-corrected chi connectivity index (χ1v) is 11.6. The summed E-state index contributed by atoms with van der Waals surface area (Å²) in [4.78, 5) is 28.2. The van der Waals surface area contributed by atoms with Crippen LogP contribution in [0.5, 0.6) is 0 Å². The Hall–Kier alpha value is -3.97. The smallest absolute Gasteiger partial charge is 0.270 e. The van der Waals surface area contributed by atoms with Crippen LogP contribution in [0.4, 0.5) is 10.8 Å². The number of nitro benzene ring substituents is 1. The molecule has 0 radical (unpaired) electrons. The molecule has 2 aromatic heterocycles. The average molecular weight is 525 g/mol. The number of non-ortho nitro benzene ring substituents is 1. The summed E-state index contributed by atoms with van der Waals surface area (Å²) >= 11 is 13.4. The van der Waals surface area contributed by atoms with Crippen molar-refractivity contribution >= 4 is 57.3 Å². The summed E-state index contributed by atoms with van der Waals surface area (Å²) in [5.41, 5.74) is 1.10. The van der Waals surface area contributed by atoms with Crippen molar-refractivity contribution < 1.29 is 14.1 Å². The van der Waals surface area contributed by atoms with E-state index in [1.165, 1.54) is 29.5 Å². The lowest BCUT2D eigenvalue weighted by Gasteiger charge is -2.02. The molecule has 0 aliphatic carbocycles. The molecule has 0 spiro atoms. The van der Waals surface area contributed by atoms with Gasteiger partial charge in [0.1, 0.15) is 23.2 Å². The number of hydrogen-bond donors (Lipinski definition) is 1. The van der Waals surface area contributed by atoms with Gasteiger partial charge in [-0.1, -0.05) is 41.4 Å². The van der Waals surface area contributed by atoms with Crippen LogP contribution < -0.4 is 5.32 Å². The van der Waals surface area contributed by atoms with Crippen molar-refractivity contribution in [3.63, 3.8) is 0 Å². The van der Waals surface area contributed by atoms with Crippen LogP contribution in [0.2, 0.25) is 10.0 Å².